The van der Waals surface area contributed by atoms with Crippen LogP contribution in [-0.4, -0.2) is 43.0 Å². The van der Waals surface area contributed by atoms with Gasteiger partial charge in [-0.3, -0.25) is 19.9 Å². The lowest BCUT2D eigenvalue weighted by molar-refractivity contribution is -0.121. The summed E-state index contributed by atoms with van der Waals surface area (Å²) in [5.74, 6) is 5.05. The van der Waals surface area contributed by atoms with Gasteiger partial charge in [0.1, 0.15) is 12.4 Å². The minimum atomic E-state index is -0.357. The molecule has 1 unspecified atom stereocenters. The van der Waals surface area contributed by atoms with Crippen molar-refractivity contribution in [1.29, 1.82) is 0 Å². The first-order chi connectivity index (χ1) is 10.1. The maximum Gasteiger partial charge on any atom is 0.265 e. The van der Waals surface area contributed by atoms with E-state index in [4.69, 9.17) is 16.3 Å². The highest BCUT2D eigenvalue weighted by molar-refractivity contribution is 5.94. The summed E-state index contributed by atoms with van der Waals surface area (Å²) in [5, 5.41) is 0. The number of nitrogens with zero attached hydrogens (tertiary/aromatic N) is 1. The number of hydrazine groups is 1. The second-order valence-corrected chi connectivity index (χ2v) is 5.04. The summed E-state index contributed by atoms with van der Waals surface area (Å²) in [4.78, 5) is 24.6. The molecule has 1 fully saturated rings. The fourth-order valence-corrected chi connectivity index (χ4v) is 2.37. The Balaban J connectivity index is 1.79. The van der Waals surface area contributed by atoms with Crippen LogP contribution in [0.15, 0.2) is 24.3 Å². The van der Waals surface area contributed by atoms with Crippen molar-refractivity contribution in [3.8, 4) is 5.75 Å². The smallest absolute Gasteiger partial charge is 0.265 e. The Bertz CT molecular complexity index is 521. The van der Waals surface area contributed by atoms with Crippen LogP contribution in [0.4, 0.5) is 0 Å². The second kappa shape index (κ2) is 7.05. The third-order valence-corrected chi connectivity index (χ3v) is 3.58. The average Bonchev–Trinajstić information content (AvgIpc) is 2.96. The van der Waals surface area contributed by atoms with Crippen molar-refractivity contribution in [1.82, 2.24) is 10.3 Å². The number of likely N-dealkylation sites (tertiary alicyclic amines) is 1. The molecule has 0 saturated carbocycles. The zero-order valence-corrected chi connectivity index (χ0v) is 11.7. The van der Waals surface area contributed by atoms with Crippen molar-refractivity contribution in [3.05, 3.63) is 29.8 Å². The third-order valence-electron chi connectivity index (χ3n) is 3.58. The van der Waals surface area contributed by atoms with Gasteiger partial charge in [-0.15, -0.1) is 0 Å². The molecule has 1 atom stereocenters. The van der Waals surface area contributed by atoms with Gasteiger partial charge in [-0.2, -0.15) is 0 Å². The number of hydrogen-bond donors (Lipinski definition) is 3. The molecule has 1 saturated heterocycles. The van der Waals surface area contributed by atoms with Crippen LogP contribution in [0.1, 0.15) is 16.8 Å². The number of hydrogen-bond acceptors (Lipinski definition) is 5. The molecule has 114 valence electrons. The summed E-state index contributed by atoms with van der Waals surface area (Å²) in [6.07, 6.45) is 0.807. The van der Waals surface area contributed by atoms with Gasteiger partial charge in [-0.1, -0.05) is 6.07 Å². The van der Waals surface area contributed by atoms with Crippen LogP contribution >= 0.6 is 0 Å². The predicted molar refractivity (Wildman–Crippen MR) is 77.3 cm³/mol. The Hall–Kier alpha value is -2.12. The summed E-state index contributed by atoms with van der Waals surface area (Å²) in [7, 11) is 0. The van der Waals surface area contributed by atoms with Crippen LogP contribution in [0.25, 0.3) is 0 Å². The summed E-state index contributed by atoms with van der Waals surface area (Å²) in [5.41, 5.74) is 7.82. The number of carbonyl (C=O) groups is 2. The van der Waals surface area contributed by atoms with Crippen molar-refractivity contribution in [3.63, 3.8) is 0 Å². The van der Waals surface area contributed by atoms with Crippen LogP contribution in [0, 0.1) is 5.92 Å². The summed E-state index contributed by atoms with van der Waals surface area (Å²) in [6.45, 7) is 2.75. The summed E-state index contributed by atoms with van der Waals surface area (Å²) >= 11 is 0. The zero-order chi connectivity index (χ0) is 15.2. The Labute approximate surface area is 123 Å². The van der Waals surface area contributed by atoms with Gasteiger partial charge in [0.15, 0.2) is 0 Å². The van der Waals surface area contributed by atoms with Crippen molar-refractivity contribution in [2.45, 2.75) is 6.42 Å². The molecule has 0 bridgehead atoms. The average molecular weight is 292 g/mol. The molecule has 5 N–H and O–H groups in total. The molecule has 2 rings (SSSR count). The number of ether oxygens (including phenoxy) is 1. The fraction of sp³-hybridized carbons (Fsp3) is 0.429. The third kappa shape index (κ3) is 4.17. The number of nitrogen functional groups attached to an aromatic ring is 1. The Morgan fingerprint density at radius 2 is 2.24 bits per heavy atom. The minimum Gasteiger partial charge on any atom is -0.492 e. The maximum absolute atomic E-state index is 11.4. The number of amides is 2. The van der Waals surface area contributed by atoms with E-state index in [-0.39, 0.29) is 17.7 Å². The van der Waals surface area contributed by atoms with E-state index >= 15 is 0 Å². The molecule has 0 radical (unpaired) electrons. The van der Waals surface area contributed by atoms with Crippen molar-refractivity contribution >= 4 is 11.8 Å². The largest absolute Gasteiger partial charge is 0.492 e. The number of benzene rings is 1. The standard InChI is InChI=1S/C14H20N4O3/c15-13(19)11-4-5-18(9-11)6-7-21-12-3-1-2-10(8-12)14(20)17-16/h1-3,8,11H,4-7,9,16H2,(H2,15,19)(H,17,20). The molecule has 21 heavy (non-hydrogen) atoms. The Morgan fingerprint density at radius 3 is 2.90 bits per heavy atom. The predicted octanol–water partition coefficient (Wildman–Crippen LogP) is -0.524. The molecule has 7 heteroatoms. The number of rotatable bonds is 6. The molecule has 7 nitrogen and oxygen atoms in total. The highest BCUT2D eigenvalue weighted by Crippen LogP contribution is 2.16. The summed E-state index contributed by atoms with van der Waals surface area (Å²) in [6, 6.07) is 6.81. The van der Waals surface area contributed by atoms with Gasteiger partial charge in [0, 0.05) is 18.7 Å². The van der Waals surface area contributed by atoms with Gasteiger partial charge >= 0.3 is 0 Å². The van der Waals surface area contributed by atoms with Crippen molar-refractivity contribution < 1.29 is 14.3 Å². The van der Waals surface area contributed by atoms with Crippen LogP contribution in [0.2, 0.25) is 0 Å². The van der Waals surface area contributed by atoms with E-state index < -0.39 is 0 Å². The first-order valence-electron chi connectivity index (χ1n) is 6.85. The fourth-order valence-electron chi connectivity index (χ4n) is 2.37. The molecule has 0 spiro atoms. The van der Waals surface area contributed by atoms with E-state index in [0.29, 0.717) is 24.5 Å². The molecule has 1 aliphatic rings. The molecule has 1 aliphatic heterocycles. The van der Waals surface area contributed by atoms with Crippen LogP contribution < -0.4 is 21.7 Å². The first-order valence-corrected chi connectivity index (χ1v) is 6.85. The van der Waals surface area contributed by atoms with Gasteiger partial charge in [0.25, 0.3) is 5.91 Å². The molecular weight excluding hydrogens is 272 g/mol. The van der Waals surface area contributed by atoms with E-state index in [1.54, 1.807) is 24.3 Å². The number of primary amides is 1. The lowest BCUT2D eigenvalue weighted by Crippen LogP contribution is -2.30. The lowest BCUT2D eigenvalue weighted by atomic mass is 10.1. The minimum absolute atomic E-state index is 0.0541. The Morgan fingerprint density at radius 1 is 1.43 bits per heavy atom. The lowest BCUT2D eigenvalue weighted by Gasteiger charge is -2.15. The normalized spacial score (nSPS) is 18.4. The topological polar surface area (TPSA) is 111 Å². The molecule has 1 aromatic carbocycles. The number of carbonyl (C=O) groups excluding carboxylic acids is 2. The van der Waals surface area contributed by atoms with Gasteiger partial charge < -0.3 is 10.5 Å². The highest BCUT2D eigenvalue weighted by Gasteiger charge is 2.26. The van der Waals surface area contributed by atoms with Gasteiger partial charge in [0.2, 0.25) is 5.91 Å². The molecule has 0 aliphatic carbocycles. The monoisotopic (exact) mass is 292 g/mol. The van der Waals surface area contributed by atoms with Crippen molar-refractivity contribution in [2.75, 3.05) is 26.2 Å². The molecule has 1 heterocycles. The van der Waals surface area contributed by atoms with E-state index in [1.165, 1.54) is 0 Å². The van der Waals surface area contributed by atoms with Crippen LogP contribution in [0.3, 0.4) is 0 Å². The quantitative estimate of drug-likeness (QED) is 0.371. The Kier molecular flexibility index (Phi) is 5.13. The second-order valence-electron chi connectivity index (χ2n) is 5.04. The highest BCUT2D eigenvalue weighted by atomic mass is 16.5. The molecule has 0 aromatic heterocycles. The molecule has 2 amide bonds. The maximum atomic E-state index is 11.4. The van der Waals surface area contributed by atoms with E-state index in [0.717, 1.165) is 19.5 Å². The molecular formula is C14H20N4O3. The van der Waals surface area contributed by atoms with E-state index in [9.17, 15) is 9.59 Å². The number of nitrogens with two attached hydrogens (primary N) is 2. The van der Waals surface area contributed by atoms with Gasteiger partial charge in [-0.25, -0.2) is 5.84 Å². The summed E-state index contributed by atoms with van der Waals surface area (Å²) < 4.78 is 5.62. The SMILES string of the molecule is NNC(=O)c1cccc(OCCN2CCC(C(N)=O)C2)c1. The zero-order valence-electron chi connectivity index (χ0n) is 11.7. The van der Waals surface area contributed by atoms with Crippen LogP contribution in [0.5, 0.6) is 5.75 Å². The van der Waals surface area contributed by atoms with Gasteiger partial charge in [-0.05, 0) is 31.2 Å². The first kappa shape index (κ1) is 15.3. The van der Waals surface area contributed by atoms with E-state index in [1.807, 2.05) is 0 Å². The molecule has 1 aromatic rings. The van der Waals surface area contributed by atoms with E-state index in [2.05, 4.69) is 10.3 Å². The van der Waals surface area contributed by atoms with Crippen LogP contribution in [-0.2, 0) is 4.79 Å². The van der Waals surface area contributed by atoms with Crippen molar-refractivity contribution in [2.24, 2.45) is 17.5 Å². The number of nitrogens with one attached hydrogen (secondary N) is 1. The van der Waals surface area contributed by atoms with Gasteiger partial charge in [0.05, 0.1) is 5.92 Å².